The maximum atomic E-state index is 13.6. The van der Waals surface area contributed by atoms with Crippen molar-refractivity contribution < 1.29 is 13.9 Å². The first-order valence-corrected chi connectivity index (χ1v) is 5.15. The monoisotopic (exact) mass is 224 g/mol. The third kappa shape index (κ3) is 1.73. The zero-order chi connectivity index (χ0) is 11.6. The Labute approximate surface area is 92.8 Å². The molecule has 1 aromatic rings. The number of aromatic nitrogens is 1. The van der Waals surface area contributed by atoms with Crippen LogP contribution in [0.2, 0.25) is 0 Å². The van der Waals surface area contributed by atoms with Gasteiger partial charge < -0.3 is 10.1 Å². The van der Waals surface area contributed by atoms with Gasteiger partial charge in [0.05, 0.1) is 12.6 Å². The molecule has 0 bridgehead atoms. The molecular weight excluding hydrogens is 211 g/mol. The minimum absolute atomic E-state index is 0.298. The highest BCUT2D eigenvalue weighted by Crippen LogP contribution is 2.41. The summed E-state index contributed by atoms with van der Waals surface area (Å²) in [5, 5.41) is 2.67. The van der Waals surface area contributed by atoms with Crippen LogP contribution in [-0.2, 0) is 10.3 Å². The molecule has 5 heteroatoms. The highest BCUT2D eigenvalue weighted by atomic mass is 19.1. The number of halogens is 1. The third-order valence-corrected chi connectivity index (χ3v) is 2.95. The number of carbonyl (C=O) groups excluding carboxylic acids is 1. The van der Waals surface area contributed by atoms with Gasteiger partial charge >= 0.3 is 6.09 Å². The van der Waals surface area contributed by atoms with Gasteiger partial charge in [-0.3, -0.25) is 4.98 Å². The van der Waals surface area contributed by atoms with E-state index in [2.05, 4.69) is 15.0 Å². The van der Waals surface area contributed by atoms with Crippen molar-refractivity contribution in [2.24, 2.45) is 0 Å². The normalized spacial score (nSPS) is 17.4. The summed E-state index contributed by atoms with van der Waals surface area (Å²) in [6.07, 6.45) is 3.30. The van der Waals surface area contributed by atoms with E-state index in [9.17, 15) is 9.18 Å². The largest absolute Gasteiger partial charge is 0.453 e. The van der Waals surface area contributed by atoms with Crippen molar-refractivity contribution >= 4 is 6.09 Å². The lowest BCUT2D eigenvalue weighted by atomic mass is 9.74. The number of carbonyl (C=O) groups is 1. The average Bonchev–Trinajstić information content (AvgIpc) is 2.24. The van der Waals surface area contributed by atoms with Crippen molar-refractivity contribution in [2.75, 3.05) is 7.11 Å². The second-order valence-corrected chi connectivity index (χ2v) is 3.89. The fourth-order valence-electron chi connectivity index (χ4n) is 1.94. The summed E-state index contributed by atoms with van der Waals surface area (Å²) >= 11 is 0. The first-order valence-electron chi connectivity index (χ1n) is 5.15. The number of nitrogens with one attached hydrogen (secondary N) is 1. The molecule has 2 rings (SSSR count). The maximum Gasteiger partial charge on any atom is 0.407 e. The average molecular weight is 224 g/mol. The van der Waals surface area contributed by atoms with E-state index in [1.54, 1.807) is 0 Å². The molecule has 1 N–H and O–H groups in total. The van der Waals surface area contributed by atoms with Crippen molar-refractivity contribution in [3.8, 4) is 0 Å². The smallest absolute Gasteiger partial charge is 0.407 e. The fourth-order valence-corrected chi connectivity index (χ4v) is 1.94. The van der Waals surface area contributed by atoms with Crippen molar-refractivity contribution in [1.29, 1.82) is 0 Å². The number of amides is 1. The summed E-state index contributed by atoms with van der Waals surface area (Å²) in [5.74, 6) is -0.390. The summed E-state index contributed by atoms with van der Waals surface area (Å²) in [5.41, 5.74) is -0.384. The lowest BCUT2D eigenvalue weighted by molar-refractivity contribution is 0.124. The van der Waals surface area contributed by atoms with Crippen LogP contribution in [0.3, 0.4) is 0 Å². The maximum absolute atomic E-state index is 13.6. The summed E-state index contributed by atoms with van der Waals surface area (Å²) in [7, 11) is 1.29. The molecule has 0 aliphatic heterocycles. The molecule has 1 amide bonds. The molecule has 0 unspecified atom stereocenters. The van der Waals surface area contributed by atoms with Crippen LogP contribution in [0.5, 0.6) is 0 Å². The Kier molecular flexibility index (Phi) is 2.77. The van der Waals surface area contributed by atoms with Gasteiger partial charge in [-0.25, -0.2) is 9.18 Å². The molecule has 0 aromatic carbocycles. The zero-order valence-electron chi connectivity index (χ0n) is 9.00. The highest BCUT2D eigenvalue weighted by molar-refractivity contribution is 5.68. The molecule has 0 spiro atoms. The fraction of sp³-hybridized carbons (Fsp3) is 0.455. The quantitative estimate of drug-likeness (QED) is 0.835. The van der Waals surface area contributed by atoms with E-state index in [1.807, 2.05) is 0 Å². The van der Waals surface area contributed by atoms with E-state index in [0.717, 1.165) is 6.42 Å². The predicted molar refractivity (Wildman–Crippen MR) is 55.3 cm³/mol. The molecule has 1 saturated carbocycles. The van der Waals surface area contributed by atoms with E-state index < -0.39 is 17.4 Å². The predicted octanol–water partition coefficient (Wildman–Crippen LogP) is 1.96. The van der Waals surface area contributed by atoms with Crippen molar-refractivity contribution in [2.45, 2.75) is 24.8 Å². The highest BCUT2D eigenvalue weighted by Gasteiger charge is 2.43. The molecule has 1 aromatic heterocycles. The molecule has 0 atom stereocenters. The number of ether oxygens (including phenoxy) is 1. The van der Waals surface area contributed by atoms with E-state index in [-0.39, 0.29) is 0 Å². The molecular formula is C11H13FN2O2. The van der Waals surface area contributed by atoms with Crippen LogP contribution in [-0.4, -0.2) is 18.2 Å². The van der Waals surface area contributed by atoms with Gasteiger partial charge in [0.2, 0.25) is 0 Å². The van der Waals surface area contributed by atoms with Crippen LogP contribution in [0.15, 0.2) is 18.3 Å². The number of alkyl carbamates (subject to hydrolysis) is 1. The van der Waals surface area contributed by atoms with Gasteiger partial charge in [0.25, 0.3) is 0 Å². The van der Waals surface area contributed by atoms with Crippen LogP contribution in [0.1, 0.15) is 25.0 Å². The molecule has 1 aliphatic rings. The second kappa shape index (κ2) is 4.08. The minimum Gasteiger partial charge on any atom is -0.453 e. The van der Waals surface area contributed by atoms with E-state index in [0.29, 0.717) is 18.5 Å². The Morgan fingerprint density at radius 1 is 1.62 bits per heavy atom. The Morgan fingerprint density at radius 3 is 2.88 bits per heavy atom. The SMILES string of the molecule is COC(=O)NC1(c2ncccc2F)CCC1. The Bertz CT molecular complexity index is 405. The van der Waals surface area contributed by atoms with Gasteiger partial charge in [-0.1, -0.05) is 0 Å². The molecule has 1 aliphatic carbocycles. The van der Waals surface area contributed by atoms with E-state index in [1.165, 1.54) is 25.4 Å². The van der Waals surface area contributed by atoms with Crippen molar-refractivity contribution in [3.63, 3.8) is 0 Å². The summed E-state index contributed by atoms with van der Waals surface area (Å²) in [6, 6.07) is 2.88. The van der Waals surface area contributed by atoms with Gasteiger partial charge in [0, 0.05) is 6.20 Å². The number of hydrogen-bond acceptors (Lipinski definition) is 3. The van der Waals surface area contributed by atoms with Gasteiger partial charge in [-0.05, 0) is 31.4 Å². The van der Waals surface area contributed by atoms with Gasteiger partial charge in [-0.2, -0.15) is 0 Å². The standard InChI is InChI=1S/C11H13FN2O2/c1-16-10(15)14-11(5-3-6-11)9-8(12)4-2-7-13-9/h2,4,7H,3,5-6H2,1H3,(H,14,15). The lowest BCUT2D eigenvalue weighted by Crippen LogP contribution is -2.51. The number of rotatable bonds is 2. The van der Waals surface area contributed by atoms with Crippen LogP contribution in [0.25, 0.3) is 0 Å². The van der Waals surface area contributed by atoms with Crippen LogP contribution < -0.4 is 5.32 Å². The van der Waals surface area contributed by atoms with Crippen molar-refractivity contribution in [1.82, 2.24) is 10.3 Å². The Hall–Kier alpha value is -1.65. The topological polar surface area (TPSA) is 51.2 Å². The summed E-state index contributed by atoms with van der Waals surface area (Å²) in [4.78, 5) is 15.2. The van der Waals surface area contributed by atoms with E-state index in [4.69, 9.17) is 0 Å². The minimum atomic E-state index is -0.682. The molecule has 4 nitrogen and oxygen atoms in total. The number of nitrogens with zero attached hydrogens (tertiary/aromatic N) is 1. The van der Waals surface area contributed by atoms with Gasteiger partial charge in [0.15, 0.2) is 0 Å². The Balaban J connectivity index is 2.28. The van der Waals surface area contributed by atoms with Crippen molar-refractivity contribution in [3.05, 3.63) is 29.8 Å². The Morgan fingerprint density at radius 2 is 2.38 bits per heavy atom. The molecule has 0 radical (unpaired) electrons. The zero-order valence-corrected chi connectivity index (χ0v) is 9.00. The number of hydrogen-bond donors (Lipinski definition) is 1. The molecule has 1 fully saturated rings. The van der Waals surface area contributed by atoms with Gasteiger partial charge in [0.1, 0.15) is 11.5 Å². The number of methoxy groups -OCH3 is 1. The summed E-state index contributed by atoms with van der Waals surface area (Å²) < 4.78 is 18.1. The molecule has 0 saturated heterocycles. The first kappa shape index (κ1) is 10.9. The number of pyridine rings is 1. The molecule has 16 heavy (non-hydrogen) atoms. The summed E-state index contributed by atoms with van der Waals surface area (Å²) in [6.45, 7) is 0. The van der Waals surface area contributed by atoms with Crippen LogP contribution in [0, 0.1) is 5.82 Å². The molecule has 86 valence electrons. The van der Waals surface area contributed by atoms with E-state index >= 15 is 0 Å². The lowest BCUT2D eigenvalue weighted by Gasteiger charge is -2.41. The third-order valence-electron chi connectivity index (χ3n) is 2.95. The van der Waals surface area contributed by atoms with Crippen LogP contribution >= 0.6 is 0 Å². The van der Waals surface area contributed by atoms with Gasteiger partial charge in [-0.15, -0.1) is 0 Å². The second-order valence-electron chi connectivity index (χ2n) is 3.89. The first-order chi connectivity index (χ1) is 7.68. The van der Waals surface area contributed by atoms with Crippen LogP contribution in [0.4, 0.5) is 9.18 Å². The molecule has 1 heterocycles.